The predicted molar refractivity (Wildman–Crippen MR) is 45.2 cm³/mol. The van der Waals surface area contributed by atoms with Crippen molar-refractivity contribution in [3.63, 3.8) is 0 Å². The first-order valence-corrected chi connectivity index (χ1v) is 4.50. The van der Waals surface area contributed by atoms with Crippen molar-refractivity contribution in [1.82, 2.24) is 5.32 Å². The minimum Gasteiger partial charge on any atom is -0.478 e. The van der Waals surface area contributed by atoms with E-state index < -0.39 is 12.1 Å². The average molecular weight is 185 g/mol. The van der Waals surface area contributed by atoms with Gasteiger partial charge in [-0.15, -0.1) is 0 Å². The molecule has 0 aromatic rings. The first-order valence-electron chi connectivity index (χ1n) is 4.50. The van der Waals surface area contributed by atoms with Crippen LogP contribution in [-0.4, -0.2) is 29.3 Å². The molecule has 0 aliphatic carbocycles. The molecule has 2 aliphatic heterocycles. The van der Waals surface area contributed by atoms with Gasteiger partial charge >= 0.3 is 5.97 Å². The molecular formula is C9H12FNO2. The van der Waals surface area contributed by atoms with Crippen molar-refractivity contribution in [2.45, 2.75) is 37.5 Å². The number of carboxylic acid groups (broad SMARTS) is 1. The van der Waals surface area contributed by atoms with Crippen LogP contribution in [0.3, 0.4) is 0 Å². The van der Waals surface area contributed by atoms with Gasteiger partial charge in [-0.1, -0.05) is 0 Å². The minimum absolute atomic E-state index is 0.149. The smallest absolute Gasteiger partial charge is 0.328 e. The van der Waals surface area contributed by atoms with E-state index in [4.69, 9.17) is 5.11 Å². The van der Waals surface area contributed by atoms with E-state index >= 15 is 0 Å². The monoisotopic (exact) mass is 185 g/mol. The number of hydrogen-bond donors (Lipinski definition) is 2. The van der Waals surface area contributed by atoms with Crippen LogP contribution in [0.15, 0.2) is 11.6 Å². The maximum absolute atomic E-state index is 13.5. The van der Waals surface area contributed by atoms with Gasteiger partial charge in [0.1, 0.15) is 6.17 Å². The first kappa shape index (κ1) is 8.69. The maximum Gasteiger partial charge on any atom is 0.328 e. The number of halogens is 1. The fraction of sp³-hybridized carbons (Fsp3) is 0.667. The third-order valence-electron chi connectivity index (χ3n) is 2.77. The highest BCUT2D eigenvalue weighted by Crippen LogP contribution is 2.32. The molecule has 0 amide bonds. The Morgan fingerprint density at radius 3 is 3.08 bits per heavy atom. The van der Waals surface area contributed by atoms with E-state index in [1.165, 1.54) is 0 Å². The largest absolute Gasteiger partial charge is 0.478 e. The molecule has 3 atom stereocenters. The molecular weight excluding hydrogens is 173 g/mol. The van der Waals surface area contributed by atoms with Gasteiger partial charge in [0.05, 0.1) is 0 Å². The van der Waals surface area contributed by atoms with Crippen molar-refractivity contribution in [1.29, 1.82) is 0 Å². The summed E-state index contributed by atoms with van der Waals surface area (Å²) in [6.45, 7) is 0. The Bertz CT molecular complexity index is 264. The van der Waals surface area contributed by atoms with E-state index in [2.05, 4.69) is 5.32 Å². The Morgan fingerprint density at radius 1 is 1.62 bits per heavy atom. The summed E-state index contributed by atoms with van der Waals surface area (Å²) in [5.74, 6) is -1.04. The first-order chi connectivity index (χ1) is 6.16. The number of aliphatic carboxylic acids is 1. The summed E-state index contributed by atoms with van der Waals surface area (Å²) in [7, 11) is 0. The van der Waals surface area contributed by atoms with Crippen molar-refractivity contribution >= 4 is 5.97 Å². The number of piperidine rings is 1. The third-order valence-corrected chi connectivity index (χ3v) is 2.77. The number of alkyl halides is 1. The molecule has 0 spiro atoms. The van der Waals surface area contributed by atoms with Gasteiger partial charge in [0.25, 0.3) is 0 Å². The SMILES string of the molecule is O=C(O)/C=C1/CC2CCC(N2)C1F. The second kappa shape index (κ2) is 3.10. The number of carboxylic acids is 1. The lowest BCUT2D eigenvalue weighted by Crippen LogP contribution is -2.43. The Kier molecular flexibility index (Phi) is 2.07. The van der Waals surface area contributed by atoms with Crippen LogP contribution in [0.5, 0.6) is 0 Å². The number of rotatable bonds is 1. The average Bonchev–Trinajstić information content (AvgIpc) is 2.44. The van der Waals surface area contributed by atoms with Crippen LogP contribution >= 0.6 is 0 Å². The van der Waals surface area contributed by atoms with Gasteiger partial charge in [0.2, 0.25) is 0 Å². The molecule has 3 unspecified atom stereocenters. The van der Waals surface area contributed by atoms with E-state index in [9.17, 15) is 9.18 Å². The Hall–Kier alpha value is -0.900. The molecule has 2 saturated heterocycles. The highest BCUT2D eigenvalue weighted by atomic mass is 19.1. The van der Waals surface area contributed by atoms with Gasteiger partial charge in [-0.25, -0.2) is 9.18 Å². The number of hydrogen-bond acceptors (Lipinski definition) is 2. The lowest BCUT2D eigenvalue weighted by atomic mass is 9.97. The summed E-state index contributed by atoms with van der Waals surface area (Å²) in [6.07, 6.45) is 2.25. The van der Waals surface area contributed by atoms with E-state index in [1.54, 1.807) is 0 Å². The summed E-state index contributed by atoms with van der Waals surface area (Å²) >= 11 is 0. The molecule has 0 saturated carbocycles. The van der Waals surface area contributed by atoms with Crippen molar-refractivity contribution in [3.8, 4) is 0 Å². The molecule has 2 heterocycles. The zero-order valence-corrected chi connectivity index (χ0v) is 7.16. The predicted octanol–water partition coefficient (Wildman–Crippen LogP) is 0.860. The standard InChI is InChI=1S/C9H12FNO2/c10-9-5(4-8(12)13)3-6-1-2-7(9)11-6/h4,6-7,9,11H,1-3H2,(H,12,13)/b5-4-. The number of carbonyl (C=O) groups is 1. The van der Waals surface area contributed by atoms with Crippen molar-refractivity contribution in [3.05, 3.63) is 11.6 Å². The minimum atomic E-state index is -1.10. The second-order valence-electron chi connectivity index (χ2n) is 3.71. The van der Waals surface area contributed by atoms with E-state index in [-0.39, 0.29) is 6.04 Å². The van der Waals surface area contributed by atoms with Crippen LogP contribution in [0.1, 0.15) is 19.3 Å². The van der Waals surface area contributed by atoms with Crippen LogP contribution in [0.4, 0.5) is 4.39 Å². The number of fused-ring (bicyclic) bond motifs is 2. The quantitative estimate of drug-likeness (QED) is 0.596. The van der Waals surface area contributed by atoms with Crippen LogP contribution in [0, 0.1) is 0 Å². The maximum atomic E-state index is 13.5. The Labute approximate surface area is 75.6 Å². The molecule has 0 aromatic heterocycles. The second-order valence-corrected chi connectivity index (χ2v) is 3.71. The molecule has 2 fully saturated rings. The molecule has 2 rings (SSSR count). The fourth-order valence-corrected chi connectivity index (χ4v) is 2.19. The normalized spacial score (nSPS) is 41.0. The summed E-state index contributed by atoms with van der Waals surface area (Å²) in [5, 5.41) is 11.6. The van der Waals surface area contributed by atoms with Crippen LogP contribution in [0.2, 0.25) is 0 Å². The summed E-state index contributed by atoms with van der Waals surface area (Å²) in [6, 6.07) is 0.145. The highest BCUT2D eigenvalue weighted by Gasteiger charge is 2.38. The Balaban J connectivity index is 2.17. The zero-order chi connectivity index (χ0) is 9.42. The van der Waals surface area contributed by atoms with Gasteiger partial charge in [0.15, 0.2) is 0 Å². The molecule has 13 heavy (non-hydrogen) atoms. The molecule has 0 radical (unpaired) electrons. The van der Waals surface area contributed by atoms with E-state index in [0.717, 1.165) is 18.9 Å². The fourth-order valence-electron chi connectivity index (χ4n) is 2.19. The van der Waals surface area contributed by atoms with Crippen molar-refractivity contribution in [2.24, 2.45) is 0 Å². The van der Waals surface area contributed by atoms with Gasteiger partial charge in [-0.3, -0.25) is 0 Å². The lowest BCUT2D eigenvalue weighted by Gasteiger charge is -2.27. The van der Waals surface area contributed by atoms with Gasteiger partial charge in [-0.05, 0) is 24.8 Å². The molecule has 4 heteroatoms. The van der Waals surface area contributed by atoms with E-state index in [1.807, 2.05) is 0 Å². The lowest BCUT2D eigenvalue weighted by molar-refractivity contribution is -0.131. The van der Waals surface area contributed by atoms with Gasteiger partial charge < -0.3 is 10.4 Å². The zero-order valence-electron chi connectivity index (χ0n) is 7.16. The molecule has 2 aliphatic rings. The molecule has 3 nitrogen and oxygen atoms in total. The topological polar surface area (TPSA) is 49.3 Å². The van der Waals surface area contributed by atoms with Crippen LogP contribution in [0.25, 0.3) is 0 Å². The summed E-state index contributed by atoms with van der Waals surface area (Å²) in [5.41, 5.74) is 0.443. The van der Waals surface area contributed by atoms with Gasteiger partial charge in [-0.2, -0.15) is 0 Å². The Morgan fingerprint density at radius 2 is 2.38 bits per heavy atom. The molecule has 72 valence electrons. The molecule has 2 bridgehead atoms. The molecule has 0 aromatic carbocycles. The van der Waals surface area contributed by atoms with Crippen LogP contribution < -0.4 is 5.32 Å². The summed E-state index contributed by atoms with van der Waals surface area (Å²) in [4.78, 5) is 10.4. The van der Waals surface area contributed by atoms with E-state index in [0.29, 0.717) is 18.0 Å². The van der Waals surface area contributed by atoms with Crippen molar-refractivity contribution in [2.75, 3.05) is 0 Å². The molecule has 2 N–H and O–H groups in total. The van der Waals surface area contributed by atoms with Crippen molar-refractivity contribution < 1.29 is 14.3 Å². The summed E-state index contributed by atoms with van der Waals surface area (Å²) < 4.78 is 13.5. The van der Waals surface area contributed by atoms with Crippen LogP contribution in [-0.2, 0) is 4.79 Å². The highest BCUT2D eigenvalue weighted by molar-refractivity contribution is 5.81. The number of nitrogens with one attached hydrogen (secondary N) is 1. The third kappa shape index (κ3) is 1.58. The van der Waals surface area contributed by atoms with Gasteiger partial charge in [0, 0.05) is 18.2 Å².